The summed E-state index contributed by atoms with van der Waals surface area (Å²) in [7, 11) is 0. The van der Waals surface area contributed by atoms with Crippen molar-refractivity contribution in [2.24, 2.45) is 0 Å². The van der Waals surface area contributed by atoms with Crippen LogP contribution in [0.15, 0.2) is 48.5 Å². The van der Waals surface area contributed by atoms with Crippen LogP contribution in [0.3, 0.4) is 0 Å². The Balaban J connectivity index is 2.43. The average molecular weight is 257 g/mol. The molecule has 2 rings (SSSR count). The third-order valence-electron chi connectivity index (χ3n) is 2.72. The van der Waals surface area contributed by atoms with Crippen LogP contribution >= 0.6 is 0 Å². The first kappa shape index (κ1) is 12.9. The quantitative estimate of drug-likeness (QED) is 0.790. The minimum Gasteiger partial charge on any atom is -0.292 e. The van der Waals surface area contributed by atoms with E-state index in [1.165, 1.54) is 0 Å². The summed E-state index contributed by atoms with van der Waals surface area (Å²) in [5.41, 5.74) is 0.0501. The van der Waals surface area contributed by atoms with E-state index in [0.29, 0.717) is 5.56 Å². The van der Waals surface area contributed by atoms with Gasteiger partial charge in [-0.05, 0) is 23.8 Å². The van der Waals surface area contributed by atoms with Gasteiger partial charge in [-0.25, -0.2) is 8.78 Å². The number of hydrogen-bond donors (Lipinski definition) is 0. The molecule has 0 amide bonds. The fourth-order valence-corrected chi connectivity index (χ4v) is 1.77. The molecule has 0 aliphatic heterocycles. The van der Waals surface area contributed by atoms with Gasteiger partial charge >= 0.3 is 0 Å². The molecule has 0 aliphatic rings. The lowest BCUT2D eigenvalue weighted by Gasteiger charge is -2.09. The third kappa shape index (κ3) is 2.66. The van der Waals surface area contributed by atoms with Crippen molar-refractivity contribution in [1.82, 2.24) is 0 Å². The number of ketones is 1. The van der Waals surface area contributed by atoms with Gasteiger partial charge in [0.2, 0.25) is 0 Å². The number of carbonyl (C=O) groups excluding carboxylic acids is 1. The molecule has 2 aromatic carbocycles. The molecule has 0 heterocycles. The van der Waals surface area contributed by atoms with Crippen LogP contribution in [-0.4, -0.2) is 5.78 Å². The maximum Gasteiger partial charge on any atom is 0.187 e. The number of nitriles is 1. The molecule has 0 saturated carbocycles. The molecule has 0 radical (unpaired) electrons. The fourth-order valence-electron chi connectivity index (χ4n) is 1.77. The van der Waals surface area contributed by atoms with Crippen molar-refractivity contribution in [2.45, 2.75) is 5.92 Å². The second kappa shape index (κ2) is 5.40. The highest BCUT2D eigenvalue weighted by molar-refractivity contribution is 6.02. The van der Waals surface area contributed by atoms with Gasteiger partial charge < -0.3 is 0 Å². The highest BCUT2D eigenvalue weighted by Gasteiger charge is 2.24. The summed E-state index contributed by atoms with van der Waals surface area (Å²) in [6, 6.07) is 12.7. The van der Waals surface area contributed by atoms with Crippen LogP contribution in [0.2, 0.25) is 0 Å². The maximum atomic E-state index is 13.5. The molecule has 0 spiro atoms. The van der Waals surface area contributed by atoms with Gasteiger partial charge in [-0.15, -0.1) is 0 Å². The Morgan fingerprint density at radius 3 is 2.42 bits per heavy atom. The molecule has 2 aromatic rings. The summed E-state index contributed by atoms with van der Waals surface area (Å²) in [4.78, 5) is 12.1. The van der Waals surface area contributed by atoms with Crippen molar-refractivity contribution < 1.29 is 13.6 Å². The molecule has 0 bridgehead atoms. The van der Waals surface area contributed by atoms with Gasteiger partial charge in [0.25, 0.3) is 0 Å². The average Bonchev–Trinajstić information content (AvgIpc) is 2.43. The molecule has 2 nitrogen and oxygen atoms in total. The highest BCUT2D eigenvalue weighted by atomic mass is 19.1. The first-order valence-electron chi connectivity index (χ1n) is 5.57. The molecule has 0 fully saturated rings. The monoisotopic (exact) mass is 257 g/mol. The summed E-state index contributed by atoms with van der Waals surface area (Å²) in [6.07, 6.45) is 0. The van der Waals surface area contributed by atoms with E-state index < -0.39 is 28.9 Å². The zero-order valence-electron chi connectivity index (χ0n) is 9.81. The Morgan fingerprint density at radius 2 is 1.79 bits per heavy atom. The van der Waals surface area contributed by atoms with Crippen molar-refractivity contribution in [3.8, 4) is 6.07 Å². The first-order chi connectivity index (χ1) is 9.13. The molecule has 0 aromatic heterocycles. The Bertz CT molecular complexity index is 647. The van der Waals surface area contributed by atoms with E-state index in [4.69, 9.17) is 5.26 Å². The van der Waals surface area contributed by atoms with Crippen LogP contribution in [-0.2, 0) is 0 Å². The van der Waals surface area contributed by atoms with Gasteiger partial charge in [-0.2, -0.15) is 5.26 Å². The Labute approximate surface area is 108 Å². The SMILES string of the molecule is N#CC(C(=O)c1cc(F)ccc1F)c1ccccc1. The minimum atomic E-state index is -1.14. The van der Waals surface area contributed by atoms with Gasteiger partial charge in [0.05, 0.1) is 11.6 Å². The van der Waals surface area contributed by atoms with Crippen LogP contribution in [0.5, 0.6) is 0 Å². The van der Waals surface area contributed by atoms with Crippen LogP contribution in [0.4, 0.5) is 8.78 Å². The Kier molecular flexibility index (Phi) is 3.67. The third-order valence-corrected chi connectivity index (χ3v) is 2.72. The van der Waals surface area contributed by atoms with Crippen molar-refractivity contribution in [3.63, 3.8) is 0 Å². The van der Waals surface area contributed by atoms with Gasteiger partial charge in [0.1, 0.15) is 17.6 Å². The van der Waals surface area contributed by atoms with E-state index in [2.05, 4.69) is 0 Å². The number of rotatable bonds is 3. The number of carbonyl (C=O) groups is 1. The molecule has 1 atom stereocenters. The molecule has 4 heteroatoms. The molecule has 0 saturated heterocycles. The number of halogens is 2. The van der Waals surface area contributed by atoms with E-state index in [1.807, 2.05) is 6.07 Å². The summed E-state index contributed by atoms with van der Waals surface area (Å²) >= 11 is 0. The largest absolute Gasteiger partial charge is 0.292 e. The fraction of sp³-hybridized carbons (Fsp3) is 0.0667. The lowest BCUT2D eigenvalue weighted by molar-refractivity contribution is 0.0974. The number of Topliss-reactive ketones (excluding diaryl/α,β-unsaturated/α-hetero) is 1. The molecule has 19 heavy (non-hydrogen) atoms. The van der Waals surface area contributed by atoms with Gasteiger partial charge in [-0.1, -0.05) is 30.3 Å². The topological polar surface area (TPSA) is 40.9 Å². The van der Waals surface area contributed by atoms with E-state index in [-0.39, 0.29) is 0 Å². The van der Waals surface area contributed by atoms with E-state index in [9.17, 15) is 13.6 Å². The zero-order valence-corrected chi connectivity index (χ0v) is 9.81. The van der Waals surface area contributed by atoms with Crippen molar-refractivity contribution in [2.75, 3.05) is 0 Å². The Morgan fingerprint density at radius 1 is 1.11 bits per heavy atom. The normalized spacial score (nSPS) is 11.6. The zero-order chi connectivity index (χ0) is 13.8. The predicted octanol–water partition coefficient (Wildman–Crippen LogP) is 3.45. The second-order valence-corrected chi connectivity index (χ2v) is 3.96. The van der Waals surface area contributed by atoms with E-state index >= 15 is 0 Å². The summed E-state index contributed by atoms with van der Waals surface area (Å²) < 4.78 is 26.6. The number of hydrogen-bond acceptors (Lipinski definition) is 2. The molecule has 94 valence electrons. The van der Waals surface area contributed by atoms with Crippen molar-refractivity contribution in [1.29, 1.82) is 5.26 Å². The van der Waals surface area contributed by atoms with Crippen LogP contribution in [0.1, 0.15) is 21.8 Å². The summed E-state index contributed by atoms with van der Waals surface area (Å²) in [6.45, 7) is 0. The summed E-state index contributed by atoms with van der Waals surface area (Å²) in [5, 5.41) is 9.08. The maximum absolute atomic E-state index is 13.5. The standard InChI is InChI=1S/C15H9F2NO/c16-11-6-7-14(17)12(8-11)15(19)13(9-18)10-4-2-1-3-5-10/h1-8,13H. The molecule has 1 unspecified atom stereocenters. The van der Waals surface area contributed by atoms with E-state index in [0.717, 1.165) is 18.2 Å². The number of nitrogens with zero attached hydrogens (tertiary/aromatic N) is 1. The smallest absolute Gasteiger partial charge is 0.187 e. The van der Waals surface area contributed by atoms with Gasteiger partial charge in [-0.3, -0.25) is 4.79 Å². The summed E-state index contributed by atoms with van der Waals surface area (Å²) in [5.74, 6) is -3.43. The number of benzene rings is 2. The van der Waals surface area contributed by atoms with Crippen molar-refractivity contribution in [3.05, 3.63) is 71.3 Å². The minimum absolute atomic E-state index is 0.407. The predicted molar refractivity (Wildman–Crippen MR) is 65.5 cm³/mol. The molecule has 0 N–H and O–H groups in total. The van der Waals surface area contributed by atoms with Crippen LogP contribution < -0.4 is 0 Å². The van der Waals surface area contributed by atoms with Crippen LogP contribution in [0.25, 0.3) is 0 Å². The lowest BCUT2D eigenvalue weighted by atomic mass is 9.91. The molecular formula is C15H9F2NO. The molecule has 0 aliphatic carbocycles. The highest BCUT2D eigenvalue weighted by Crippen LogP contribution is 2.22. The lowest BCUT2D eigenvalue weighted by Crippen LogP contribution is -2.13. The van der Waals surface area contributed by atoms with Gasteiger partial charge in [0.15, 0.2) is 5.78 Å². The van der Waals surface area contributed by atoms with Crippen LogP contribution in [0, 0.1) is 23.0 Å². The van der Waals surface area contributed by atoms with E-state index in [1.54, 1.807) is 30.3 Å². The van der Waals surface area contributed by atoms with Crippen molar-refractivity contribution >= 4 is 5.78 Å². The first-order valence-corrected chi connectivity index (χ1v) is 5.57. The molecular weight excluding hydrogens is 248 g/mol. The second-order valence-electron chi connectivity index (χ2n) is 3.96. The Hall–Kier alpha value is -2.54. The van der Waals surface area contributed by atoms with Gasteiger partial charge in [0, 0.05) is 0 Å².